The van der Waals surface area contributed by atoms with Crippen LogP contribution in [0.2, 0.25) is 0 Å². The highest BCUT2D eigenvalue weighted by atomic mass is 16.5. The molecule has 0 aliphatic rings. The smallest absolute Gasteiger partial charge is 0.303 e. The summed E-state index contributed by atoms with van der Waals surface area (Å²) in [6.45, 7) is 0.914. The van der Waals surface area contributed by atoms with Gasteiger partial charge in [-0.3, -0.25) is 4.79 Å². The minimum absolute atomic E-state index is 0.212. The molecule has 0 fully saturated rings. The Hall–Kier alpha value is -2.33. The van der Waals surface area contributed by atoms with Gasteiger partial charge in [-0.1, -0.05) is 36.4 Å². The fourth-order valence-corrected chi connectivity index (χ4v) is 2.63. The van der Waals surface area contributed by atoms with Gasteiger partial charge >= 0.3 is 5.97 Å². The molecule has 0 bridgehead atoms. The summed E-state index contributed by atoms with van der Waals surface area (Å²) in [6, 6.07) is 16.3. The molecular formula is C21H26O4. The third-order valence-corrected chi connectivity index (χ3v) is 4.07. The van der Waals surface area contributed by atoms with Crippen molar-refractivity contribution in [2.24, 2.45) is 0 Å². The molecular weight excluding hydrogens is 316 g/mol. The first-order chi connectivity index (χ1) is 12.2. The lowest BCUT2D eigenvalue weighted by molar-refractivity contribution is -0.137. The zero-order valence-electron chi connectivity index (χ0n) is 14.5. The lowest BCUT2D eigenvalue weighted by Gasteiger charge is -2.08. The lowest BCUT2D eigenvalue weighted by Crippen LogP contribution is -1.97. The number of ether oxygens (including phenoxy) is 1. The van der Waals surface area contributed by atoms with E-state index in [1.54, 1.807) is 0 Å². The molecule has 25 heavy (non-hydrogen) atoms. The van der Waals surface area contributed by atoms with Gasteiger partial charge in [0.05, 0.1) is 6.61 Å². The standard InChI is InChI=1S/C21H26O4/c22-15-2-1-3-16-25-20-13-11-19(12-14-20)18-9-7-17(8-10-18)5-4-6-21(23)24/h7-14,22H,1-6,15-16H2,(H,23,24). The van der Waals surface area contributed by atoms with Gasteiger partial charge in [0.25, 0.3) is 0 Å². The number of aliphatic hydroxyl groups excluding tert-OH is 1. The third-order valence-electron chi connectivity index (χ3n) is 4.07. The molecule has 0 spiro atoms. The molecule has 0 unspecified atom stereocenters. The number of aliphatic carboxylic acids is 1. The highest BCUT2D eigenvalue weighted by molar-refractivity contribution is 5.66. The second kappa shape index (κ2) is 10.5. The predicted octanol–water partition coefficient (Wildman–Crippen LogP) is 4.30. The summed E-state index contributed by atoms with van der Waals surface area (Å²) in [7, 11) is 0. The van der Waals surface area contributed by atoms with E-state index in [1.165, 1.54) is 0 Å². The molecule has 2 aromatic carbocycles. The van der Waals surface area contributed by atoms with E-state index in [0.29, 0.717) is 13.0 Å². The van der Waals surface area contributed by atoms with Crippen molar-refractivity contribution in [3.8, 4) is 16.9 Å². The fraction of sp³-hybridized carbons (Fsp3) is 0.381. The Morgan fingerprint density at radius 2 is 1.48 bits per heavy atom. The van der Waals surface area contributed by atoms with Gasteiger partial charge in [0, 0.05) is 13.0 Å². The van der Waals surface area contributed by atoms with Crippen molar-refractivity contribution in [1.29, 1.82) is 0 Å². The van der Waals surface area contributed by atoms with Crippen molar-refractivity contribution < 1.29 is 19.7 Å². The Labute approximate surface area is 149 Å². The third kappa shape index (κ3) is 6.98. The molecule has 2 N–H and O–H groups in total. The van der Waals surface area contributed by atoms with E-state index in [4.69, 9.17) is 14.9 Å². The monoisotopic (exact) mass is 342 g/mol. The maximum absolute atomic E-state index is 10.5. The quantitative estimate of drug-likeness (QED) is 0.597. The van der Waals surface area contributed by atoms with Crippen LogP contribution in [0, 0.1) is 0 Å². The first-order valence-electron chi connectivity index (χ1n) is 8.84. The number of aryl methyl sites for hydroxylation is 1. The molecule has 2 aromatic rings. The van der Waals surface area contributed by atoms with Crippen LogP contribution in [0.15, 0.2) is 48.5 Å². The average Bonchev–Trinajstić information content (AvgIpc) is 2.62. The minimum Gasteiger partial charge on any atom is -0.494 e. The Balaban J connectivity index is 1.83. The highest BCUT2D eigenvalue weighted by Crippen LogP contribution is 2.23. The number of rotatable bonds is 11. The van der Waals surface area contributed by atoms with Crippen molar-refractivity contribution in [1.82, 2.24) is 0 Å². The number of aliphatic hydroxyl groups is 1. The van der Waals surface area contributed by atoms with Crippen LogP contribution in [-0.4, -0.2) is 29.4 Å². The molecule has 0 amide bonds. The van der Waals surface area contributed by atoms with Crippen LogP contribution >= 0.6 is 0 Å². The van der Waals surface area contributed by atoms with Gasteiger partial charge in [-0.2, -0.15) is 0 Å². The van der Waals surface area contributed by atoms with Gasteiger partial charge in [-0.25, -0.2) is 0 Å². The molecule has 134 valence electrons. The van der Waals surface area contributed by atoms with E-state index in [2.05, 4.69) is 24.3 Å². The number of carboxylic acid groups (broad SMARTS) is 1. The van der Waals surface area contributed by atoms with Crippen LogP contribution < -0.4 is 4.74 Å². The molecule has 0 radical (unpaired) electrons. The summed E-state index contributed by atoms with van der Waals surface area (Å²) in [4.78, 5) is 10.5. The number of unbranched alkanes of at least 4 members (excludes halogenated alkanes) is 2. The molecule has 0 saturated carbocycles. The van der Waals surface area contributed by atoms with Crippen LogP contribution in [0.3, 0.4) is 0 Å². The van der Waals surface area contributed by atoms with Crippen molar-refractivity contribution >= 4 is 5.97 Å². The number of benzene rings is 2. The lowest BCUT2D eigenvalue weighted by atomic mass is 10.0. The first-order valence-corrected chi connectivity index (χ1v) is 8.84. The maximum Gasteiger partial charge on any atom is 0.303 e. The van der Waals surface area contributed by atoms with Crippen molar-refractivity contribution in [3.63, 3.8) is 0 Å². The van der Waals surface area contributed by atoms with Gasteiger partial charge < -0.3 is 14.9 Å². The summed E-state index contributed by atoms with van der Waals surface area (Å²) >= 11 is 0. The van der Waals surface area contributed by atoms with E-state index < -0.39 is 5.97 Å². The molecule has 4 heteroatoms. The first kappa shape index (κ1) is 19.0. The van der Waals surface area contributed by atoms with Crippen molar-refractivity contribution in [2.45, 2.75) is 38.5 Å². The second-order valence-electron chi connectivity index (χ2n) is 6.10. The highest BCUT2D eigenvalue weighted by Gasteiger charge is 2.02. The summed E-state index contributed by atoms with van der Waals surface area (Å²) in [5.41, 5.74) is 3.43. The molecule has 0 atom stereocenters. The Bertz CT molecular complexity index is 632. The second-order valence-corrected chi connectivity index (χ2v) is 6.10. The largest absolute Gasteiger partial charge is 0.494 e. The van der Waals surface area contributed by atoms with Gasteiger partial charge in [-0.05, 0) is 60.9 Å². The van der Waals surface area contributed by atoms with Gasteiger partial charge in [0.1, 0.15) is 5.75 Å². The van der Waals surface area contributed by atoms with Crippen LogP contribution in [0.4, 0.5) is 0 Å². The molecule has 0 aliphatic carbocycles. The Morgan fingerprint density at radius 1 is 0.840 bits per heavy atom. The van der Waals surface area contributed by atoms with E-state index in [-0.39, 0.29) is 13.0 Å². The summed E-state index contributed by atoms with van der Waals surface area (Å²) < 4.78 is 5.70. The van der Waals surface area contributed by atoms with Crippen LogP contribution in [0.25, 0.3) is 11.1 Å². The number of carboxylic acids is 1. The predicted molar refractivity (Wildman–Crippen MR) is 98.9 cm³/mol. The minimum atomic E-state index is -0.743. The zero-order valence-corrected chi connectivity index (χ0v) is 14.5. The zero-order chi connectivity index (χ0) is 17.9. The van der Waals surface area contributed by atoms with Crippen LogP contribution in [0.5, 0.6) is 5.75 Å². The molecule has 0 heterocycles. The van der Waals surface area contributed by atoms with Crippen molar-refractivity contribution in [3.05, 3.63) is 54.1 Å². The van der Waals surface area contributed by atoms with Gasteiger partial charge in [0.2, 0.25) is 0 Å². The molecule has 2 rings (SSSR count). The molecule has 4 nitrogen and oxygen atoms in total. The number of carbonyl (C=O) groups is 1. The van der Waals surface area contributed by atoms with E-state index in [1.807, 2.05) is 24.3 Å². The Kier molecular flexibility index (Phi) is 7.99. The Morgan fingerprint density at radius 3 is 2.08 bits per heavy atom. The summed E-state index contributed by atoms with van der Waals surface area (Å²) in [6.07, 6.45) is 4.42. The average molecular weight is 342 g/mol. The van der Waals surface area contributed by atoms with Crippen LogP contribution in [0.1, 0.15) is 37.7 Å². The van der Waals surface area contributed by atoms with Crippen LogP contribution in [-0.2, 0) is 11.2 Å². The van der Waals surface area contributed by atoms with E-state index in [0.717, 1.165) is 48.1 Å². The van der Waals surface area contributed by atoms with Crippen molar-refractivity contribution in [2.75, 3.05) is 13.2 Å². The molecule has 0 aromatic heterocycles. The van der Waals surface area contributed by atoms with E-state index >= 15 is 0 Å². The summed E-state index contributed by atoms with van der Waals surface area (Å²) in [5.74, 6) is 0.116. The summed E-state index contributed by atoms with van der Waals surface area (Å²) in [5, 5.41) is 17.4. The topological polar surface area (TPSA) is 66.8 Å². The fourth-order valence-electron chi connectivity index (χ4n) is 2.63. The maximum atomic E-state index is 10.5. The molecule has 0 saturated heterocycles. The SMILES string of the molecule is O=C(O)CCCc1ccc(-c2ccc(OCCCCCO)cc2)cc1. The molecule has 0 aliphatic heterocycles. The number of hydrogen-bond donors (Lipinski definition) is 2. The normalized spacial score (nSPS) is 10.6. The van der Waals surface area contributed by atoms with E-state index in [9.17, 15) is 4.79 Å². The number of hydrogen-bond acceptors (Lipinski definition) is 3. The van der Waals surface area contributed by atoms with Gasteiger partial charge in [0.15, 0.2) is 0 Å². The van der Waals surface area contributed by atoms with Gasteiger partial charge in [-0.15, -0.1) is 0 Å².